The van der Waals surface area contributed by atoms with Crippen molar-refractivity contribution < 1.29 is 0 Å². The lowest BCUT2D eigenvalue weighted by molar-refractivity contribution is 0.590. The van der Waals surface area contributed by atoms with E-state index in [0.29, 0.717) is 0 Å². The molecule has 0 unspecified atom stereocenters. The number of aromatic nitrogens is 1. The monoisotopic (exact) mass is 1100 g/mol. The maximum absolute atomic E-state index is 5.57. The second-order valence-electron chi connectivity index (χ2n) is 27.3. The largest absolute Gasteiger partial charge is 0.311 e. The summed E-state index contributed by atoms with van der Waals surface area (Å²) in [5.74, 6) is 0. The van der Waals surface area contributed by atoms with E-state index in [2.05, 4.69) is 323 Å². The molecule has 0 spiro atoms. The predicted octanol–water partition coefficient (Wildman–Crippen LogP) is 19.3. The molecule has 0 fully saturated rings. The van der Waals surface area contributed by atoms with Crippen LogP contribution in [0.5, 0.6) is 0 Å². The van der Waals surface area contributed by atoms with Gasteiger partial charge in [0.15, 0.2) is 0 Å². The summed E-state index contributed by atoms with van der Waals surface area (Å²) in [7, 11) is 0. The smallest absolute Gasteiger partial charge is 0.252 e. The zero-order chi connectivity index (χ0) is 57.8. The summed E-state index contributed by atoms with van der Waals surface area (Å²) >= 11 is 1.78. The molecule has 5 heteroatoms. The van der Waals surface area contributed by atoms with E-state index >= 15 is 0 Å². The molecule has 0 aliphatic carbocycles. The van der Waals surface area contributed by atoms with Crippen LogP contribution in [0, 0.1) is 0 Å². The van der Waals surface area contributed by atoms with Gasteiger partial charge in [-0.25, -0.2) is 4.98 Å². The van der Waals surface area contributed by atoms with Crippen LogP contribution in [0.2, 0.25) is 0 Å². The molecule has 13 rings (SSSR count). The molecule has 2 aliphatic heterocycles. The number of rotatable bonds is 8. The molecule has 83 heavy (non-hydrogen) atoms. The van der Waals surface area contributed by atoms with Gasteiger partial charge in [0.1, 0.15) is 5.01 Å². The zero-order valence-electron chi connectivity index (χ0n) is 50.3. The number of fused-ring (bicyclic) bond motifs is 5. The van der Waals surface area contributed by atoms with E-state index in [4.69, 9.17) is 4.98 Å². The predicted molar refractivity (Wildman–Crippen MR) is 358 cm³/mol. The number of nitrogens with zero attached hydrogens (tertiary/aromatic N) is 3. The fourth-order valence-electron chi connectivity index (χ4n) is 13.0. The van der Waals surface area contributed by atoms with E-state index in [1.807, 2.05) is 0 Å². The molecular formula is C78H74BN3S. The molecule has 3 heterocycles. The van der Waals surface area contributed by atoms with E-state index in [-0.39, 0.29) is 28.4 Å². The summed E-state index contributed by atoms with van der Waals surface area (Å²) < 4.78 is 1.16. The lowest BCUT2D eigenvalue weighted by atomic mass is 9.33. The van der Waals surface area contributed by atoms with Gasteiger partial charge in [-0.1, -0.05) is 259 Å². The minimum Gasteiger partial charge on any atom is -0.311 e. The Kier molecular flexibility index (Phi) is 13.0. The number of hydrogen-bond donors (Lipinski definition) is 0. The Hall–Kier alpha value is -8.25. The molecule has 0 radical (unpaired) electrons. The van der Waals surface area contributed by atoms with Gasteiger partial charge in [-0.15, -0.1) is 11.3 Å². The molecular weight excluding hydrogens is 1020 g/mol. The number of thiazole rings is 1. The van der Waals surface area contributed by atoms with Gasteiger partial charge in [-0.3, -0.25) is 0 Å². The minimum atomic E-state index is -0.729. The van der Waals surface area contributed by atoms with Crippen LogP contribution in [0.25, 0.3) is 31.9 Å². The Morgan fingerprint density at radius 1 is 0.325 bits per heavy atom. The second kappa shape index (κ2) is 20.0. The molecule has 0 saturated carbocycles. The number of hydrogen-bond acceptors (Lipinski definition) is 4. The normalized spacial score (nSPS) is 13.5. The fourth-order valence-corrected chi connectivity index (χ4v) is 14.0. The van der Waals surface area contributed by atoms with Crippen molar-refractivity contribution in [2.75, 3.05) is 9.80 Å². The van der Waals surface area contributed by atoms with E-state index in [1.165, 1.54) is 94.8 Å². The molecule has 10 aromatic carbocycles. The average Bonchev–Trinajstić information content (AvgIpc) is 2.48. The molecule has 0 N–H and O–H groups in total. The van der Waals surface area contributed by atoms with Crippen LogP contribution in [0.15, 0.2) is 231 Å². The Morgan fingerprint density at radius 3 is 1.16 bits per heavy atom. The Labute approximate surface area is 497 Å². The first kappa shape index (κ1) is 54.0. The topological polar surface area (TPSA) is 19.4 Å². The van der Waals surface area contributed by atoms with Crippen molar-refractivity contribution in [3.8, 4) is 21.7 Å². The standard InChI is InChI=1S/C78H74BN3S/c1-74(2,3)54-34-32-52(33-35-54)51-28-30-53(31-29-51)73-80-66-49-65-68(50-71(66)83-73)82(63-43-38-56(39-44-63)76(7,8)9)70-48-61(78(57-22-16-13-17-23-57,58-24-18-14-19-25-58)59-26-20-15-21-27-59)47-69-72(70)79(65)64-46-60(77(10,11)12)40-45-67(64)81(69)62-41-36-55(37-42-62)75(4,5)6/h13-50H,1-12H3. The maximum Gasteiger partial charge on any atom is 0.252 e. The van der Waals surface area contributed by atoms with Gasteiger partial charge in [0.2, 0.25) is 0 Å². The third kappa shape index (κ3) is 9.42. The molecule has 0 bridgehead atoms. The van der Waals surface area contributed by atoms with E-state index in [0.717, 1.165) is 32.2 Å². The first-order valence-electron chi connectivity index (χ1n) is 29.6. The van der Waals surface area contributed by atoms with Crippen LogP contribution in [0.4, 0.5) is 34.1 Å². The van der Waals surface area contributed by atoms with Gasteiger partial charge in [-0.05, 0) is 148 Å². The van der Waals surface area contributed by atoms with Gasteiger partial charge >= 0.3 is 0 Å². The van der Waals surface area contributed by atoms with Crippen molar-refractivity contribution in [3.63, 3.8) is 0 Å². The summed E-state index contributed by atoms with van der Waals surface area (Å²) in [4.78, 5) is 10.8. The molecule has 0 amide bonds. The molecule has 0 atom stereocenters. The van der Waals surface area contributed by atoms with Gasteiger partial charge in [0, 0.05) is 39.7 Å². The summed E-state index contributed by atoms with van der Waals surface area (Å²) in [6.07, 6.45) is 0. The summed E-state index contributed by atoms with van der Waals surface area (Å²) in [6, 6.07) is 87.9. The zero-order valence-corrected chi connectivity index (χ0v) is 51.1. The van der Waals surface area contributed by atoms with Crippen molar-refractivity contribution in [1.29, 1.82) is 0 Å². The van der Waals surface area contributed by atoms with E-state index in [9.17, 15) is 0 Å². The third-order valence-corrected chi connectivity index (χ3v) is 18.8. The van der Waals surface area contributed by atoms with Gasteiger partial charge in [0.25, 0.3) is 6.71 Å². The highest BCUT2D eigenvalue weighted by molar-refractivity contribution is 7.21. The Bertz CT molecular complexity index is 4100. The second-order valence-corrected chi connectivity index (χ2v) is 28.3. The maximum atomic E-state index is 5.57. The summed E-state index contributed by atoms with van der Waals surface area (Å²) in [5.41, 5.74) is 24.6. The third-order valence-electron chi connectivity index (χ3n) is 17.7. The average molecular weight is 1100 g/mol. The van der Waals surface area contributed by atoms with Crippen molar-refractivity contribution in [3.05, 3.63) is 275 Å². The van der Waals surface area contributed by atoms with Crippen molar-refractivity contribution >= 4 is 78.8 Å². The lowest BCUT2D eigenvalue weighted by Gasteiger charge is -2.46. The van der Waals surface area contributed by atoms with Crippen LogP contribution >= 0.6 is 11.3 Å². The van der Waals surface area contributed by atoms with Crippen LogP contribution < -0.4 is 26.2 Å². The van der Waals surface area contributed by atoms with Crippen molar-refractivity contribution in [1.82, 2.24) is 4.98 Å². The van der Waals surface area contributed by atoms with Crippen molar-refractivity contribution in [2.24, 2.45) is 0 Å². The highest BCUT2D eigenvalue weighted by Gasteiger charge is 2.47. The SMILES string of the molecule is CC(C)(C)c1ccc(-c2ccc(-c3nc4cc5c(cc4s3)N(c3ccc(C(C)(C)C)cc3)c3cc(C(c4ccccc4)(c4ccccc4)c4ccccc4)cc4c3B5c3cc(C(C)(C)C)ccc3N4c3ccc(C(C)(C)C)cc3)cc2)cc1. The van der Waals surface area contributed by atoms with E-state index in [1.54, 1.807) is 11.3 Å². The van der Waals surface area contributed by atoms with Crippen LogP contribution in [-0.4, -0.2) is 11.7 Å². The van der Waals surface area contributed by atoms with Crippen LogP contribution in [-0.2, 0) is 27.1 Å². The van der Waals surface area contributed by atoms with Gasteiger partial charge in [-0.2, -0.15) is 0 Å². The first-order valence-corrected chi connectivity index (χ1v) is 30.4. The fraction of sp³-hybridized carbons (Fsp3) is 0.218. The quantitative estimate of drug-likeness (QED) is 0.112. The first-order chi connectivity index (χ1) is 39.7. The Morgan fingerprint density at radius 2 is 0.711 bits per heavy atom. The highest BCUT2D eigenvalue weighted by Crippen LogP contribution is 2.52. The molecule has 2 aliphatic rings. The molecule has 410 valence electrons. The lowest BCUT2D eigenvalue weighted by Crippen LogP contribution is -2.61. The van der Waals surface area contributed by atoms with Crippen molar-refractivity contribution in [2.45, 2.75) is 110 Å². The van der Waals surface area contributed by atoms with Gasteiger partial charge in [0.05, 0.1) is 15.6 Å². The molecule has 11 aromatic rings. The van der Waals surface area contributed by atoms with Crippen LogP contribution in [0.3, 0.4) is 0 Å². The van der Waals surface area contributed by atoms with E-state index < -0.39 is 5.41 Å². The Balaban J connectivity index is 1.12. The number of anilines is 6. The summed E-state index contributed by atoms with van der Waals surface area (Å²) in [6.45, 7) is 27.5. The molecule has 1 aromatic heterocycles. The number of benzene rings is 10. The molecule has 0 saturated heterocycles. The summed E-state index contributed by atoms with van der Waals surface area (Å²) in [5, 5.41) is 1.01. The highest BCUT2D eigenvalue weighted by atomic mass is 32.1. The van der Waals surface area contributed by atoms with Gasteiger partial charge < -0.3 is 9.80 Å². The molecule has 3 nitrogen and oxygen atoms in total. The minimum absolute atomic E-state index is 0.0131. The van der Waals surface area contributed by atoms with Crippen LogP contribution in [0.1, 0.15) is 128 Å².